The van der Waals surface area contributed by atoms with E-state index >= 15 is 0 Å². The van der Waals surface area contributed by atoms with Crippen LogP contribution in [0.2, 0.25) is 0 Å². The van der Waals surface area contributed by atoms with Crippen LogP contribution in [0.4, 0.5) is 0 Å². The van der Waals surface area contributed by atoms with E-state index in [1.807, 2.05) is 19.9 Å². The lowest BCUT2D eigenvalue weighted by Crippen LogP contribution is -2.53. The van der Waals surface area contributed by atoms with Crippen LogP contribution in [-0.2, 0) is 27.3 Å². The zero-order valence-electron chi connectivity index (χ0n) is 19.4. The van der Waals surface area contributed by atoms with E-state index in [0.29, 0.717) is 18.5 Å². The van der Waals surface area contributed by atoms with Gasteiger partial charge in [-0.05, 0) is 29.2 Å². The molecular weight excluding hydrogens is 436 g/mol. The minimum absolute atomic E-state index is 0.115. The molecule has 2 aromatic rings. The number of aliphatic carboxylic acids is 1. The van der Waals surface area contributed by atoms with Gasteiger partial charge in [-0.3, -0.25) is 14.4 Å². The highest BCUT2D eigenvalue weighted by molar-refractivity contribution is 5.98. The smallest absolute Gasteiger partial charge is 0.326 e. The predicted molar refractivity (Wildman–Crippen MR) is 128 cm³/mol. The highest BCUT2D eigenvalue weighted by Crippen LogP contribution is 2.11. The van der Waals surface area contributed by atoms with E-state index in [1.54, 1.807) is 48.5 Å². The van der Waals surface area contributed by atoms with Gasteiger partial charge in [0.15, 0.2) is 0 Å². The first kappa shape index (κ1) is 26.5. The maximum atomic E-state index is 12.8. The summed E-state index contributed by atoms with van der Waals surface area (Å²) in [6.45, 7) is 3.66. The van der Waals surface area contributed by atoms with E-state index in [2.05, 4.69) is 16.0 Å². The minimum Gasteiger partial charge on any atom is -0.480 e. The van der Waals surface area contributed by atoms with Crippen LogP contribution in [0.15, 0.2) is 54.6 Å². The number of carboxylic acids is 1. The fourth-order valence-corrected chi connectivity index (χ4v) is 3.29. The second-order valence-corrected chi connectivity index (χ2v) is 8.10. The summed E-state index contributed by atoms with van der Waals surface area (Å²) >= 11 is 0. The van der Waals surface area contributed by atoms with Crippen LogP contribution in [0, 0.1) is 5.92 Å². The Kier molecular flexibility index (Phi) is 10.2. The average molecular weight is 469 g/mol. The van der Waals surface area contributed by atoms with Gasteiger partial charge in [-0.25, -0.2) is 4.79 Å². The van der Waals surface area contributed by atoms with Gasteiger partial charge in [0.25, 0.3) is 5.91 Å². The van der Waals surface area contributed by atoms with Crippen LogP contribution in [0.1, 0.15) is 41.8 Å². The molecule has 6 N–H and O–H groups in total. The standard InChI is InChI=1S/C25H32N4O5/c1-3-16(2)22(29-23(31)19-11-9-18(14-26)10-12-19)24(32)27-15-21(30)28-20(25(33)34)13-17-7-5-4-6-8-17/h4-12,16,20,22H,3,13-15,26H2,1-2H3,(H,27,32)(H,28,30)(H,29,31)(H,33,34)/t16-,20-,22-/m0/s1. The van der Waals surface area contributed by atoms with Crippen molar-refractivity contribution in [3.05, 3.63) is 71.3 Å². The third-order valence-corrected chi connectivity index (χ3v) is 5.57. The average Bonchev–Trinajstić information content (AvgIpc) is 2.85. The molecule has 0 unspecified atom stereocenters. The topological polar surface area (TPSA) is 151 Å². The van der Waals surface area contributed by atoms with Crippen molar-refractivity contribution >= 4 is 23.7 Å². The molecule has 0 aliphatic heterocycles. The molecule has 3 amide bonds. The van der Waals surface area contributed by atoms with Gasteiger partial charge >= 0.3 is 5.97 Å². The normalized spacial score (nSPS) is 13.3. The molecule has 0 fully saturated rings. The molecule has 0 saturated carbocycles. The molecule has 0 bridgehead atoms. The lowest BCUT2D eigenvalue weighted by Gasteiger charge is -2.24. The highest BCUT2D eigenvalue weighted by atomic mass is 16.4. The molecule has 2 aromatic carbocycles. The Morgan fingerprint density at radius 3 is 2.15 bits per heavy atom. The van der Waals surface area contributed by atoms with Crippen molar-refractivity contribution in [2.75, 3.05) is 6.54 Å². The fourth-order valence-electron chi connectivity index (χ4n) is 3.29. The number of nitrogens with two attached hydrogens (primary N) is 1. The Labute approximate surface area is 199 Å². The Morgan fingerprint density at radius 2 is 1.59 bits per heavy atom. The van der Waals surface area contributed by atoms with E-state index in [0.717, 1.165) is 11.1 Å². The number of hydrogen-bond donors (Lipinski definition) is 5. The van der Waals surface area contributed by atoms with E-state index < -0.39 is 42.3 Å². The molecule has 0 aromatic heterocycles. The molecule has 0 aliphatic carbocycles. The Hall–Kier alpha value is -3.72. The molecule has 3 atom stereocenters. The molecule has 0 aliphatic rings. The summed E-state index contributed by atoms with van der Waals surface area (Å²) in [4.78, 5) is 49.3. The zero-order chi connectivity index (χ0) is 25.1. The van der Waals surface area contributed by atoms with Crippen LogP contribution >= 0.6 is 0 Å². The van der Waals surface area contributed by atoms with Gasteiger partial charge in [-0.15, -0.1) is 0 Å². The number of hydrogen-bond acceptors (Lipinski definition) is 5. The van der Waals surface area contributed by atoms with Crippen LogP contribution in [0.3, 0.4) is 0 Å². The van der Waals surface area contributed by atoms with E-state index in [4.69, 9.17) is 5.73 Å². The second kappa shape index (κ2) is 13.1. The van der Waals surface area contributed by atoms with Crippen molar-refractivity contribution in [2.45, 2.75) is 45.3 Å². The molecular formula is C25H32N4O5. The number of rotatable bonds is 12. The third kappa shape index (κ3) is 8.00. The van der Waals surface area contributed by atoms with Crippen molar-refractivity contribution in [1.29, 1.82) is 0 Å². The number of carbonyl (C=O) groups is 4. The minimum atomic E-state index is -1.17. The Morgan fingerprint density at radius 1 is 0.941 bits per heavy atom. The molecule has 2 rings (SSSR count). The largest absolute Gasteiger partial charge is 0.480 e. The van der Waals surface area contributed by atoms with Crippen molar-refractivity contribution in [1.82, 2.24) is 16.0 Å². The number of amides is 3. The van der Waals surface area contributed by atoms with Gasteiger partial charge in [-0.2, -0.15) is 0 Å². The summed E-state index contributed by atoms with van der Waals surface area (Å²) in [7, 11) is 0. The molecule has 182 valence electrons. The first-order valence-electron chi connectivity index (χ1n) is 11.2. The first-order chi connectivity index (χ1) is 16.2. The van der Waals surface area contributed by atoms with Crippen LogP contribution in [0.5, 0.6) is 0 Å². The van der Waals surface area contributed by atoms with Gasteiger partial charge in [0.2, 0.25) is 11.8 Å². The third-order valence-electron chi connectivity index (χ3n) is 5.57. The molecule has 9 nitrogen and oxygen atoms in total. The number of benzene rings is 2. The van der Waals surface area contributed by atoms with E-state index in [9.17, 15) is 24.3 Å². The van der Waals surface area contributed by atoms with Crippen molar-refractivity contribution < 1.29 is 24.3 Å². The van der Waals surface area contributed by atoms with E-state index in [1.165, 1.54) is 0 Å². The Bertz CT molecular complexity index is 979. The highest BCUT2D eigenvalue weighted by Gasteiger charge is 2.27. The molecule has 0 radical (unpaired) electrons. The van der Waals surface area contributed by atoms with Crippen LogP contribution in [-0.4, -0.2) is 47.4 Å². The van der Waals surface area contributed by atoms with Crippen molar-refractivity contribution in [2.24, 2.45) is 11.7 Å². The second-order valence-electron chi connectivity index (χ2n) is 8.10. The predicted octanol–water partition coefficient (Wildman–Crippen LogP) is 1.22. The lowest BCUT2D eigenvalue weighted by molar-refractivity contribution is -0.141. The summed E-state index contributed by atoms with van der Waals surface area (Å²) in [5.41, 5.74) is 7.61. The monoisotopic (exact) mass is 468 g/mol. The van der Waals surface area contributed by atoms with Crippen molar-refractivity contribution in [3.8, 4) is 0 Å². The molecule has 0 heterocycles. The van der Waals surface area contributed by atoms with Crippen LogP contribution < -0.4 is 21.7 Å². The van der Waals surface area contributed by atoms with Gasteiger partial charge in [0, 0.05) is 18.5 Å². The number of nitrogens with one attached hydrogen (secondary N) is 3. The summed E-state index contributed by atoms with van der Waals surface area (Å²) < 4.78 is 0. The fraction of sp³-hybridized carbons (Fsp3) is 0.360. The van der Waals surface area contributed by atoms with Gasteiger partial charge in [0.05, 0.1) is 6.54 Å². The first-order valence-corrected chi connectivity index (χ1v) is 11.2. The van der Waals surface area contributed by atoms with Gasteiger partial charge in [-0.1, -0.05) is 62.7 Å². The van der Waals surface area contributed by atoms with E-state index in [-0.39, 0.29) is 12.3 Å². The number of carboxylic acid groups (broad SMARTS) is 1. The lowest BCUT2D eigenvalue weighted by atomic mass is 9.97. The molecule has 0 saturated heterocycles. The maximum absolute atomic E-state index is 12.8. The summed E-state index contributed by atoms with van der Waals surface area (Å²) in [5.74, 6) is -2.94. The number of carbonyl (C=O) groups excluding carboxylic acids is 3. The van der Waals surface area contributed by atoms with Crippen LogP contribution in [0.25, 0.3) is 0 Å². The Balaban J connectivity index is 1.96. The maximum Gasteiger partial charge on any atom is 0.326 e. The summed E-state index contributed by atoms with van der Waals surface area (Å²) in [6.07, 6.45) is 0.735. The summed E-state index contributed by atoms with van der Waals surface area (Å²) in [6, 6.07) is 13.7. The van der Waals surface area contributed by atoms with Crippen molar-refractivity contribution in [3.63, 3.8) is 0 Å². The van der Waals surface area contributed by atoms with Gasteiger partial charge in [0.1, 0.15) is 12.1 Å². The summed E-state index contributed by atoms with van der Waals surface area (Å²) in [5, 5.41) is 17.1. The molecule has 0 spiro atoms. The zero-order valence-corrected chi connectivity index (χ0v) is 19.4. The molecule has 34 heavy (non-hydrogen) atoms. The quantitative estimate of drug-likeness (QED) is 0.316. The van der Waals surface area contributed by atoms with Gasteiger partial charge < -0.3 is 26.8 Å². The SMILES string of the molecule is CC[C@H](C)[C@H](NC(=O)c1ccc(CN)cc1)C(=O)NCC(=O)N[C@@H](Cc1ccccc1)C(=O)O. The molecule has 9 heteroatoms.